The number of nitrogens with one attached hydrogen (secondary N) is 1. The van der Waals surface area contributed by atoms with Crippen molar-refractivity contribution in [3.8, 4) is 0 Å². The zero-order valence-corrected chi connectivity index (χ0v) is 12.9. The second-order valence-corrected chi connectivity index (χ2v) is 5.86. The van der Waals surface area contributed by atoms with E-state index < -0.39 is 0 Å². The Bertz CT molecular complexity index is 776. The van der Waals surface area contributed by atoms with Crippen molar-refractivity contribution >= 4 is 22.4 Å². The highest BCUT2D eigenvalue weighted by molar-refractivity contribution is 5.92. The van der Waals surface area contributed by atoms with E-state index in [-0.39, 0.29) is 0 Å². The van der Waals surface area contributed by atoms with Gasteiger partial charge in [0.1, 0.15) is 18.0 Å². The second kappa shape index (κ2) is 6.20. The summed E-state index contributed by atoms with van der Waals surface area (Å²) in [6.45, 7) is 2.01. The molecule has 0 saturated carbocycles. The van der Waals surface area contributed by atoms with Crippen LogP contribution in [-0.2, 0) is 0 Å². The van der Waals surface area contributed by atoms with E-state index in [1.54, 1.807) is 12.5 Å². The number of rotatable bonds is 3. The van der Waals surface area contributed by atoms with Gasteiger partial charge < -0.3 is 10.2 Å². The number of benzene rings is 1. The molecule has 0 radical (unpaired) electrons. The van der Waals surface area contributed by atoms with Gasteiger partial charge in [-0.3, -0.25) is 0 Å². The highest BCUT2D eigenvalue weighted by Gasteiger charge is 2.21. The third-order valence-corrected chi connectivity index (χ3v) is 4.38. The fourth-order valence-corrected chi connectivity index (χ4v) is 3.18. The molecule has 1 saturated heterocycles. The standard InChI is InChI=1S/C18H19N5/c1-2-4-16-14(3-1)5-10-20-18(16)23-11-7-15(8-12-23)22-17-6-9-19-13-21-17/h1-6,9-10,13,15H,7-8,11-12H2,(H,19,21,22). The molecule has 23 heavy (non-hydrogen) atoms. The summed E-state index contributed by atoms with van der Waals surface area (Å²) in [7, 11) is 0. The molecular formula is C18H19N5. The Morgan fingerprint density at radius 1 is 0.957 bits per heavy atom. The molecular weight excluding hydrogens is 286 g/mol. The molecule has 0 amide bonds. The Morgan fingerprint density at radius 2 is 1.83 bits per heavy atom. The highest BCUT2D eigenvalue weighted by Crippen LogP contribution is 2.27. The van der Waals surface area contributed by atoms with Crippen molar-refractivity contribution in [2.75, 3.05) is 23.3 Å². The lowest BCUT2D eigenvalue weighted by Crippen LogP contribution is -2.39. The van der Waals surface area contributed by atoms with E-state index in [9.17, 15) is 0 Å². The number of nitrogens with zero attached hydrogens (tertiary/aromatic N) is 4. The molecule has 3 heterocycles. The molecule has 5 heteroatoms. The predicted octanol–water partition coefficient (Wildman–Crippen LogP) is 3.11. The van der Waals surface area contributed by atoms with Gasteiger partial charge in [0.05, 0.1) is 0 Å². The van der Waals surface area contributed by atoms with E-state index in [0.29, 0.717) is 6.04 Å². The van der Waals surface area contributed by atoms with Crippen LogP contribution < -0.4 is 10.2 Å². The van der Waals surface area contributed by atoms with Crippen LogP contribution in [0.2, 0.25) is 0 Å². The summed E-state index contributed by atoms with van der Waals surface area (Å²) in [5.74, 6) is 2.00. The number of hydrogen-bond donors (Lipinski definition) is 1. The molecule has 0 bridgehead atoms. The van der Waals surface area contributed by atoms with Crippen LogP contribution in [0.3, 0.4) is 0 Å². The fourth-order valence-electron chi connectivity index (χ4n) is 3.18. The maximum Gasteiger partial charge on any atom is 0.136 e. The van der Waals surface area contributed by atoms with Gasteiger partial charge in [-0.15, -0.1) is 0 Å². The van der Waals surface area contributed by atoms with Gasteiger partial charge in [0.25, 0.3) is 0 Å². The van der Waals surface area contributed by atoms with Crippen molar-refractivity contribution in [1.29, 1.82) is 0 Å². The lowest BCUT2D eigenvalue weighted by molar-refractivity contribution is 0.523. The third-order valence-electron chi connectivity index (χ3n) is 4.38. The van der Waals surface area contributed by atoms with Gasteiger partial charge in [-0.1, -0.05) is 24.3 Å². The van der Waals surface area contributed by atoms with Crippen molar-refractivity contribution in [2.24, 2.45) is 0 Å². The zero-order valence-electron chi connectivity index (χ0n) is 12.9. The molecule has 1 aliphatic rings. The predicted molar refractivity (Wildman–Crippen MR) is 92.6 cm³/mol. The number of pyridine rings is 1. The van der Waals surface area contributed by atoms with Crippen LogP contribution in [0.15, 0.2) is 55.1 Å². The molecule has 1 fully saturated rings. The first kappa shape index (κ1) is 13.9. The van der Waals surface area contributed by atoms with E-state index in [0.717, 1.165) is 37.6 Å². The summed E-state index contributed by atoms with van der Waals surface area (Å²) in [4.78, 5) is 15.2. The van der Waals surface area contributed by atoms with Gasteiger partial charge in [-0.25, -0.2) is 15.0 Å². The fraction of sp³-hybridized carbons (Fsp3) is 0.278. The smallest absolute Gasteiger partial charge is 0.136 e. The molecule has 4 rings (SSSR count). The number of aromatic nitrogens is 3. The Kier molecular flexibility index (Phi) is 3.76. The molecule has 0 aliphatic carbocycles. The van der Waals surface area contributed by atoms with Crippen molar-refractivity contribution in [2.45, 2.75) is 18.9 Å². The molecule has 1 aromatic carbocycles. The van der Waals surface area contributed by atoms with Crippen LogP contribution in [0.25, 0.3) is 10.8 Å². The summed E-state index contributed by atoms with van der Waals surface area (Å²) < 4.78 is 0. The van der Waals surface area contributed by atoms with Crippen molar-refractivity contribution in [1.82, 2.24) is 15.0 Å². The third kappa shape index (κ3) is 2.95. The summed E-state index contributed by atoms with van der Waals surface area (Å²) in [6, 6.07) is 12.9. The van der Waals surface area contributed by atoms with Crippen molar-refractivity contribution < 1.29 is 0 Å². The van der Waals surface area contributed by atoms with Crippen LogP contribution in [-0.4, -0.2) is 34.1 Å². The summed E-state index contributed by atoms with van der Waals surface area (Å²) >= 11 is 0. The summed E-state index contributed by atoms with van der Waals surface area (Å²) in [6.07, 6.45) is 7.41. The van der Waals surface area contributed by atoms with E-state index in [1.807, 2.05) is 12.3 Å². The SMILES string of the molecule is c1ccc2c(N3CCC(Nc4ccncn4)CC3)nccc2c1. The molecule has 0 atom stereocenters. The Morgan fingerprint density at radius 3 is 2.65 bits per heavy atom. The molecule has 0 spiro atoms. The summed E-state index contributed by atoms with van der Waals surface area (Å²) in [5.41, 5.74) is 0. The lowest BCUT2D eigenvalue weighted by Gasteiger charge is -2.33. The molecule has 1 N–H and O–H groups in total. The number of hydrogen-bond acceptors (Lipinski definition) is 5. The van der Waals surface area contributed by atoms with Crippen LogP contribution in [0.1, 0.15) is 12.8 Å². The normalized spacial score (nSPS) is 15.7. The van der Waals surface area contributed by atoms with E-state index in [2.05, 4.69) is 55.5 Å². The molecule has 3 aromatic rings. The Balaban J connectivity index is 1.47. The first-order valence-corrected chi connectivity index (χ1v) is 8.01. The maximum atomic E-state index is 4.62. The van der Waals surface area contributed by atoms with Crippen LogP contribution in [0, 0.1) is 0 Å². The first-order chi connectivity index (χ1) is 11.4. The Hall–Kier alpha value is -2.69. The maximum absolute atomic E-state index is 4.62. The average molecular weight is 305 g/mol. The average Bonchev–Trinajstić information content (AvgIpc) is 2.63. The van der Waals surface area contributed by atoms with E-state index in [1.165, 1.54) is 10.8 Å². The highest BCUT2D eigenvalue weighted by atomic mass is 15.2. The van der Waals surface area contributed by atoms with E-state index >= 15 is 0 Å². The van der Waals surface area contributed by atoms with Gasteiger partial charge in [0.15, 0.2) is 0 Å². The monoisotopic (exact) mass is 305 g/mol. The zero-order chi connectivity index (χ0) is 15.5. The molecule has 5 nitrogen and oxygen atoms in total. The topological polar surface area (TPSA) is 53.9 Å². The number of anilines is 2. The van der Waals surface area contributed by atoms with Crippen molar-refractivity contribution in [3.05, 3.63) is 55.1 Å². The van der Waals surface area contributed by atoms with Gasteiger partial charge in [0.2, 0.25) is 0 Å². The first-order valence-electron chi connectivity index (χ1n) is 8.01. The molecule has 1 aliphatic heterocycles. The molecule has 0 unspecified atom stereocenters. The minimum Gasteiger partial charge on any atom is -0.367 e. The van der Waals surface area contributed by atoms with Gasteiger partial charge >= 0.3 is 0 Å². The van der Waals surface area contributed by atoms with Crippen LogP contribution in [0.5, 0.6) is 0 Å². The van der Waals surface area contributed by atoms with E-state index in [4.69, 9.17) is 0 Å². The minimum atomic E-state index is 0.455. The molecule has 116 valence electrons. The molecule has 2 aromatic heterocycles. The van der Waals surface area contributed by atoms with Crippen LogP contribution >= 0.6 is 0 Å². The van der Waals surface area contributed by atoms with Crippen LogP contribution in [0.4, 0.5) is 11.6 Å². The van der Waals surface area contributed by atoms with Gasteiger partial charge in [-0.2, -0.15) is 0 Å². The van der Waals surface area contributed by atoms with Gasteiger partial charge in [0, 0.05) is 36.9 Å². The Labute approximate surface area is 135 Å². The number of piperidine rings is 1. The number of fused-ring (bicyclic) bond motifs is 1. The minimum absolute atomic E-state index is 0.455. The largest absolute Gasteiger partial charge is 0.367 e. The summed E-state index contributed by atoms with van der Waals surface area (Å²) in [5, 5.41) is 5.97. The lowest BCUT2D eigenvalue weighted by atomic mass is 10.0. The van der Waals surface area contributed by atoms with Crippen molar-refractivity contribution in [3.63, 3.8) is 0 Å². The second-order valence-electron chi connectivity index (χ2n) is 5.86. The quantitative estimate of drug-likeness (QED) is 0.806. The van der Waals surface area contributed by atoms with Gasteiger partial charge in [-0.05, 0) is 30.4 Å².